The highest BCUT2D eigenvalue weighted by Gasteiger charge is 2.47. The van der Waals surface area contributed by atoms with Gasteiger partial charge in [-0.25, -0.2) is 9.59 Å². The number of fused-ring (bicyclic) bond motifs is 2. The molecule has 0 spiro atoms. The summed E-state index contributed by atoms with van der Waals surface area (Å²) in [5.41, 5.74) is -0.581. The molecule has 0 saturated carbocycles. The second-order valence-corrected chi connectivity index (χ2v) is 9.41. The number of nitrogens with zero attached hydrogens (tertiary/aromatic N) is 3. The van der Waals surface area contributed by atoms with Gasteiger partial charge in [-0.3, -0.25) is 9.35 Å². The van der Waals surface area contributed by atoms with Gasteiger partial charge >= 0.3 is 22.5 Å². The summed E-state index contributed by atoms with van der Waals surface area (Å²) in [6.45, 7) is 6.30. The number of ether oxygens (including phenoxy) is 1. The second-order valence-electron chi connectivity index (χ2n) is 8.41. The molecular formula is C17H26N4O8S. The lowest BCUT2D eigenvalue weighted by atomic mass is 10.0. The fourth-order valence-electron chi connectivity index (χ4n) is 3.57. The van der Waals surface area contributed by atoms with Gasteiger partial charge in [0.15, 0.2) is 0 Å². The van der Waals surface area contributed by atoms with Crippen molar-refractivity contribution in [3.05, 3.63) is 12.2 Å². The maximum absolute atomic E-state index is 12.7. The highest BCUT2D eigenvalue weighted by Crippen LogP contribution is 2.26. The number of amides is 4. The Morgan fingerprint density at radius 3 is 2.40 bits per heavy atom. The molecule has 30 heavy (non-hydrogen) atoms. The van der Waals surface area contributed by atoms with E-state index in [9.17, 15) is 22.8 Å². The summed E-state index contributed by atoms with van der Waals surface area (Å²) in [6.07, 6.45) is 3.66. The molecule has 12 nitrogen and oxygen atoms in total. The summed E-state index contributed by atoms with van der Waals surface area (Å²) in [7, 11) is -4.86. The van der Waals surface area contributed by atoms with Crippen molar-refractivity contribution < 1.29 is 36.4 Å². The lowest BCUT2D eigenvalue weighted by Crippen LogP contribution is -2.53. The summed E-state index contributed by atoms with van der Waals surface area (Å²) in [5.74, 6) is -0.414. The third-order valence-corrected chi connectivity index (χ3v) is 5.26. The van der Waals surface area contributed by atoms with E-state index in [1.807, 2.05) is 0 Å². The lowest BCUT2D eigenvalue weighted by Gasteiger charge is -2.34. The number of hydrogen-bond donors (Lipinski definition) is 2. The van der Waals surface area contributed by atoms with Crippen LogP contribution in [0.1, 0.15) is 33.6 Å². The molecule has 0 radical (unpaired) electrons. The summed E-state index contributed by atoms with van der Waals surface area (Å²) >= 11 is 0. The molecule has 2 N–H and O–H groups in total. The molecule has 0 aromatic heterocycles. The van der Waals surface area contributed by atoms with Crippen molar-refractivity contribution in [1.82, 2.24) is 20.2 Å². The van der Waals surface area contributed by atoms with Crippen LogP contribution in [0.3, 0.4) is 0 Å². The first-order valence-corrected chi connectivity index (χ1v) is 10.9. The van der Waals surface area contributed by atoms with Crippen molar-refractivity contribution in [2.45, 2.75) is 57.3 Å². The topological polar surface area (TPSA) is 146 Å². The zero-order chi connectivity index (χ0) is 22.3. The minimum atomic E-state index is -4.86. The SMILES string of the molecule is CC(C)(C)OC(=O)N1CCC(NC(=O)[C@@H]2C=CC3CN2C(=O)N3OS(=O)(=O)O)CC1. The van der Waals surface area contributed by atoms with Gasteiger partial charge in [0.05, 0.1) is 12.6 Å². The van der Waals surface area contributed by atoms with Crippen LogP contribution in [-0.4, -0.2) is 89.2 Å². The highest BCUT2D eigenvalue weighted by molar-refractivity contribution is 7.80. The molecule has 3 aliphatic heterocycles. The van der Waals surface area contributed by atoms with Gasteiger partial charge in [-0.1, -0.05) is 12.2 Å². The van der Waals surface area contributed by atoms with E-state index >= 15 is 0 Å². The number of nitrogens with one attached hydrogen (secondary N) is 1. The summed E-state index contributed by atoms with van der Waals surface area (Å²) in [5, 5.41) is 3.40. The minimum absolute atomic E-state index is 0.0556. The third kappa shape index (κ3) is 5.21. The van der Waals surface area contributed by atoms with Crippen LogP contribution in [0.4, 0.5) is 9.59 Å². The normalized spacial score (nSPS) is 24.9. The van der Waals surface area contributed by atoms with Crippen LogP contribution < -0.4 is 5.32 Å². The van der Waals surface area contributed by atoms with Crippen LogP contribution >= 0.6 is 0 Å². The van der Waals surface area contributed by atoms with Gasteiger partial charge in [0.2, 0.25) is 5.91 Å². The Labute approximate surface area is 174 Å². The van der Waals surface area contributed by atoms with Crippen molar-refractivity contribution in [2.24, 2.45) is 0 Å². The Morgan fingerprint density at radius 2 is 1.83 bits per heavy atom. The zero-order valence-electron chi connectivity index (χ0n) is 17.0. The van der Waals surface area contributed by atoms with Gasteiger partial charge in [-0.2, -0.15) is 13.5 Å². The number of hydroxylamine groups is 2. The predicted molar refractivity (Wildman–Crippen MR) is 102 cm³/mol. The van der Waals surface area contributed by atoms with Crippen LogP contribution in [-0.2, 0) is 24.2 Å². The van der Waals surface area contributed by atoms with Crippen molar-refractivity contribution in [2.75, 3.05) is 19.6 Å². The Morgan fingerprint density at radius 1 is 1.20 bits per heavy atom. The van der Waals surface area contributed by atoms with Gasteiger partial charge < -0.3 is 19.9 Å². The number of piperidine rings is 1. The first-order valence-electron chi connectivity index (χ1n) is 9.57. The molecule has 2 saturated heterocycles. The van der Waals surface area contributed by atoms with E-state index in [2.05, 4.69) is 9.60 Å². The zero-order valence-corrected chi connectivity index (χ0v) is 17.8. The van der Waals surface area contributed by atoms with Gasteiger partial charge in [-0.05, 0) is 33.6 Å². The first-order chi connectivity index (χ1) is 13.8. The molecule has 3 aliphatic rings. The van der Waals surface area contributed by atoms with E-state index in [1.165, 1.54) is 17.1 Å². The molecule has 2 atom stereocenters. The van der Waals surface area contributed by atoms with Crippen LogP contribution in [0.15, 0.2) is 12.2 Å². The molecule has 1 unspecified atom stereocenters. The van der Waals surface area contributed by atoms with E-state index in [4.69, 9.17) is 9.29 Å². The Bertz CT molecular complexity index is 844. The summed E-state index contributed by atoms with van der Waals surface area (Å²) < 4.78 is 40.3. The van der Waals surface area contributed by atoms with Gasteiger partial charge in [0.1, 0.15) is 11.6 Å². The number of carbonyl (C=O) groups is 3. The molecule has 0 aromatic carbocycles. The van der Waals surface area contributed by atoms with Crippen LogP contribution in [0.5, 0.6) is 0 Å². The van der Waals surface area contributed by atoms with Crippen LogP contribution in [0, 0.1) is 0 Å². The van der Waals surface area contributed by atoms with Crippen LogP contribution in [0.2, 0.25) is 0 Å². The Kier molecular flexibility index (Phi) is 5.98. The summed E-state index contributed by atoms with van der Waals surface area (Å²) in [6, 6.07) is -2.65. The molecule has 3 rings (SSSR count). The average molecular weight is 446 g/mol. The van der Waals surface area contributed by atoms with E-state index in [1.54, 1.807) is 25.7 Å². The van der Waals surface area contributed by atoms with E-state index in [0.29, 0.717) is 31.0 Å². The average Bonchev–Trinajstić information content (AvgIpc) is 2.84. The molecule has 3 heterocycles. The monoisotopic (exact) mass is 446 g/mol. The molecule has 168 valence electrons. The first kappa shape index (κ1) is 22.3. The predicted octanol–water partition coefficient (Wildman–Crippen LogP) is 0.281. The smallest absolute Gasteiger partial charge is 0.418 e. The Balaban J connectivity index is 1.53. The molecule has 0 aromatic rings. The Hall–Kier alpha value is -2.38. The minimum Gasteiger partial charge on any atom is -0.444 e. The van der Waals surface area contributed by atoms with Crippen LogP contribution in [0.25, 0.3) is 0 Å². The summed E-state index contributed by atoms with van der Waals surface area (Å²) in [4.78, 5) is 40.0. The molecule has 2 bridgehead atoms. The largest absolute Gasteiger partial charge is 0.444 e. The maximum atomic E-state index is 12.7. The number of carbonyl (C=O) groups excluding carboxylic acids is 3. The molecule has 4 amide bonds. The fourth-order valence-corrected chi connectivity index (χ4v) is 3.95. The van der Waals surface area contributed by atoms with Gasteiger partial charge in [0.25, 0.3) is 0 Å². The van der Waals surface area contributed by atoms with E-state index in [0.717, 1.165) is 0 Å². The quantitative estimate of drug-likeness (QED) is 0.463. The van der Waals surface area contributed by atoms with Crippen molar-refractivity contribution in [3.63, 3.8) is 0 Å². The number of hydrogen-bond acceptors (Lipinski definition) is 7. The molecular weight excluding hydrogens is 420 g/mol. The third-order valence-electron chi connectivity index (χ3n) is 4.91. The number of likely N-dealkylation sites (tertiary alicyclic amines) is 1. The van der Waals surface area contributed by atoms with Gasteiger partial charge in [0, 0.05) is 19.1 Å². The fraction of sp³-hybridized carbons (Fsp3) is 0.706. The highest BCUT2D eigenvalue weighted by atomic mass is 32.3. The van der Waals surface area contributed by atoms with E-state index in [-0.39, 0.29) is 12.6 Å². The molecule has 2 fully saturated rings. The van der Waals surface area contributed by atoms with E-state index < -0.39 is 46.1 Å². The maximum Gasteiger partial charge on any atom is 0.418 e. The second kappa shape index (κ2) is 8.04. The van der Waals surface area contributed by atoms with Crippen molar-refractivity contribution >= 4 is 28.4 Å². The number of urea groups is 1. The standard InChI is InChI=1S/C17H26N4O8S/c1-17(2,3)28-16(24)19-8-6-11(7-9-19)18-14(22)13-5-4-12-10-20(13)15(23)21(12)29-30(25,26)27/h4-5,11-13H,6-10H2,1-3H3,(H,18,22)(H,25,26,27)/t12?,13-/m0/s1. The molecule has 0 aliphatic carbocycles. The van der Waals surface area contributed by atoms with Crippen molar-refractivity contribution in [1.29, 1.82) is 0 Å². The van der Waals surface area contributed by atoms with Gasteiger partial charge in [-0.15, -0.1) is 4.28 Å². The lowest BCUT2D eigenvalue weighted by molar-refractivity contribution is -0.125. The van der Waals surface area contributed by atoms with Crippen molar-refractivity contribution in [3.8, 4) is 0 Å². The molecule has 13 heteroatoms. The number of rotatable bonds is 4.